The van der Waals surface area contributed by atoms with Crippen LogP contribution in [0.25, 0.3) is 0 Å². The van der Waals surface area contributed by atoms with Crippen LogP contribution in [-0.2, 0) is 20.1 Å². The SMILES string of the molecule is O=C(COC(=O)CSCc1ccccc1Cl)NC1CC1. The second-order valence-electron chi connectivity index (χ2n) is 4.59. The summed E-state index contributed by atoms with van der Waals surface area (Å²) < 4.78 is 4.90. The molecule has 1 aromatic carbocycles. The van der Waals surface area contributed by atoms with Crippen molar-refractivity contribution in [3.8, 4) is 0 Å². The number of esters is 1. The molecule has 6 heteroatoms. The monoisotopic (exact) mass is 313 g/mol. The molecule has 1 N–H and O–H groups in total. The van der Waals surface area contributed by atoms with Gasteiger partial charge in [0.05, 0.1) is 5.75 Å². The van der Waals surface area contributed by atoms with Crippen LogP contribution in [0.3, 0.4) is 0 Å². The highest BCUT2D eigenvalue weighted by Gasteiger charge is 2.23. The molecule has 2 rings (SSSR count). The van der Waals surface area contributed by atoms with Crippen LogP contribution in [0.1, 0.15) is 18.4 Å². The number of carbonyl (C=O) groups is 2. The summed E-state index contributed by atoms with van der Waals surface area (Å²) in [6.07, 6.45) is 2.04. The fraction of sp³-hybridized carbons (Fsp3) is 0.429. The molecule has 4 nitrogen and oxygen atoms in total. The smallest absolute Gasteiger partial charge is 0.316 e. The third-order valence-corrected chi connectivity index (χ3v) is 4.07. The minimum Gasteiger partial charge on any atom is -0.455 e. The lowest BCUT2D eigenvalue weighted by Gasteiger charge is -2.06. The summed E-state index contributed by atoms with van der Waals surface area (Å²) in [5, 5.41) is 3.45. The quantitative estimate of drug-likeness (QED) is 0.785. The number of ether oxygens (including phenoxy) is 1. The summed E-state index contributed by atoms with van der Waals surface area (Å²) >= 11 is 7.43. The molecule has 1 amide bonds. The van der Waals surface area contributed by atoms with E-state index in [0.29, 0.717) is 10.8 Å². The Morgan fingerprint density at radius 2 is 2.10 bits per heavy atom. The van der Waals surface area contributed by atoms with Crippen molar-refractivity contribution < 1.29 is 14.3 Å². The first-order valence-electron chi connectivity index (χ1n) is 6.41. The van der Waals surface area contributed by atoms with E-state index in [1.807, 2.05) is 24.3 Å². The Hall–Kier alpha value is -1.20. The van der Waals surface area contributed by atoms with Gasteiger partial charge in [0.15, 0.2) is 6.61 Å². The zero-order chi connectivity index (χ0) is 14.4. The molecule has 0 atom stereocenters. The lowest BCUT2D eigenvalue weighted by molar-refractivity contribution is -0.145. The normalized spacial score (nSPS) is 13.8. The van der Waals surface area contributed by atoms with Gasteiger partial charge in [-0.25, -0.2) is 0 Å². The van der Waals surface area contributed by atoms with Crippen molar-refractivity contribution in [2.45, 2.75) is 24.6 Å². The summed E-state index contributed by atoms with van der Waals surface area (Å²) in [5.41, 5.74) is 0.985. The molecule has 0 heterocycles. The van der Waals surface area contributed by atoms with E-state index in [4.69, 9.17) is 16.3 Å². The highest BCUT2D eigenvalue weighted by molar-refractivity contribution is 7.99. The molecule has 20 heavy (non-hydrogen) atoms. The molecular weight excluding hydrogens is 298 g/mol. The van der Waals surface area contributed by atoms with Crippen LogP contribution in [0.4, 0.5) is 0 Å². The average molecular weight is 314 g/mol. The molecule has 0 aliphatic heterocycles. The minimum absolute atomic E-state index is 0.192. The minimum atomic E-state index is -0.381. The standard InChI is InChI=1S/C14H16ClNO3S/c15-12-4-2-1-3-10(12)8-20-9-14(18)19-7-13(17)16-11-5-6-11/h1-4,11H,5-9H2,(H,16,17). The van der Waals surface area contributed by atoms with Crippen molar-refractivity contribution in [2.24, 2.45) is 0 Å². The maximum atomic E-state index is 11.5. The number of benzene rings is 1. The number of thioether (sulfide) groups is 1. The lowest BCUT2D eigenvalue weighted by atomic mass is 10.2. The van der Waals surface area contributed by atoms with Gasteiger partial charge in [0.2, 0.25) is 0 Å². The van der Waals surface area contributed by atoms with Gasteiger partial charge in [-0.3, -0.25) is 9.59 Å². The molecule has 0 unspecified atom stereocenters. The summed E-state index contributed by atoms with van der Waals surface area (Å²) in [7, 11) is 0. The molecule has 1 fully saturated rings. The van der Waals surface area contributed by atoms with Crippen molar-refractivity contribution in [3.63, 3.8) is 0 Å². The zero-order valence-corrected chi connectivity index (χ0v) is 12.5. The Morgan fingerprint density at radius 1 is 1.35 bits per heavy atom. The van der Waals surface area contributed by atoms with Crippen LogP contribution in [0.15, 0.2) is 24.3 Å². The Balaban J connectivity index is 1.60. The van der Waals surface area contributed by atoms with Gasteiger partial charge in [-0.15, -0.1) is 11.8 Å². The van der Waals surface area contributed by atoms with Gasteiger partial charge in [0, 0.05) is 16.8 Å². The van der Waals surface area contributed by atoms with Gasteiger partial charge < -0.3 is 10.1 Å². The molecular formula is C14H16ClNO3S. The van der Waals surface area contributed by atoms with Crippen LogP contribution in [0.2, 0.25) is 5.02 Å². The second kappa shape index (κ2) is 7.55. The van der Waals surface area contributed by atoms with Crippen LogP contribution in [0, 0.1) is 0 Å². The first-order valence-corrected chi connectivity index (χ1v) is 7.94. The second-order valence-corrected chi connectivity index (χ2v) is 5.98. The largest absolute Gasteiger partial charge is 0.455 e. The Morgan fingerprint density at radius 3 is 2.80 bits per heavy atom. The van der Waals surface area contributed by atoms with Crippen molar-refractivity contribution in [3.05, 3.63) is 34.9 Å². The number of hydrogen-bond acceptors (Lipinski definition) is 4. The predicted molar refractivity (Wildman–Crippen MR) is 79.7 cm³/mol. The van der Waals surface area contributed by atoms with Gasteiger partial charge in [0.1, 0.15) is 0 Å². The van der Waals surface area contributed by atoms with E-state index in [1.165, 1.54) is 11.8 Å². The molecule has 0 spiro atoms. The molecule has 0 radical (unpaired) electrons. The van der Waals surface area contributed by atoms with Crippen molar-refractivity contribution in [1.82, 2.24) is 5.32 Å². The molecule has 0 aromatic heterocycles. The summed E-state index contributed by atoms with van der Waals surface area (Å²) in [5.74, 6) is 0.246. The third-order valence-electron chi connectivity index (χ3n) is 2.74. The maximum absolute atomic E-state index is 11.5. The predicted octanol–water partition coefficient (Wildman–Crippen LogP) is 2.40. The Kier molecular flexibility index (Phi) is 5.73. The Labute approximate surface area is 127 Å². The molecule has 1 aliphatic rings. The summed E-state index contributed by atoms with van der Waals surface area (Å²) in [4.78, 5) is 22.8. The van der Waals surface area contributed by atoms with E-state index in [9.17, 15) is 9.59 Å². The molecule has 1 aromatic rings. The van der Waals surface area contributed by atoms with Gasteiger partial charge in [-0.05, 0) is 24.5 Å². The zero-order valence-electron chi connectivity index (χ0n) is 10.9. The molecule has 0 bridgehead atoms. The van der Waals surface area contributed by atoms with Gasteiger partial charge in [-0.2, -0.15) is 0 Å². The van der Waals surface area contributed by atoms with Crippen molar-refractivity contribution >= 4 is 35.2 Å². The fourth-order valence-corrected chi connectivity index (χ4v) is 2.65. The fourth-order valence-electron chi connectivity index (χ4n) is 1.54. The van der Waals surface area contributed by atoms with E-state index in [2.05, 4.69) is 5.32 Å². The summed E-state index contributed by atoms with van der Waals surface area (Å²) in [6, 6.07) is 7.80. The number of nitrogens with one attached hydrogen (secondary N) is 1. The first-order chi connectivity index (χ1) is 9.65. The Bertz CT molecular complexity index is 491. The number of amides is 1. The van der Waals surface area contributed by atoms with E-state index >= 15 is 0 Å². The third kappa shape index (κ3) is 5.43. The van der Waals surface area contributed by atoms with Crippen molar-refractivity contribution in [1.29, 1.82) is 0 Å². The number of halogens is 1. The van der Waals surface area contributed by atoms with Gasteiger partial charge in [0.25, 0.3) is 5.91 Å². The maximum Gasteiger partial charge on any atom is 0.316 e. The topological polar surface area (TPSA) is 55.4 Å². The first kappa shape index (κ1) is 15.2. The van der Waals surface area contributed by atoms with Crippen LogP contribution in [-0.4, -0.2) is 30.3 Å². The average Bonchev–Trinajstić information content (AvgIpc) is 3.22. The molecule has 108 valence electrons. The highest BCUT2D eigenvalue weighted by Crippen LogP contribution is 2.20. The molecule has 1 aliphatic carbocycles. The van der Waals surface area contributed by atoms with E-state index in [-0.39, 0.29) is 30.3 Å². The number of rotatable bonds is 7. The lowest BCUT2D eigenvalue weighted by Crippen LogP contribution is -2.30. The van der Waals surface area contributed by atoms with Crippen LogP contribution < -0.4 is 5.32 Å². The van der Waals surface area contributed by atoms with Crippen LogP contribution in [0.5, 0.6) is 0 Å². The van der Waals surface area contributed by atoms with Gasteiger partial charge >= 0.3 is 5.97 Å². The van der Waals surface area contributed by atoms with Crippen LogP contribution >= 0.6 is 23.4 Å². The molecule has 1 saturated carbocycles. The number of hydrogen-bond donors (Lipinski definition) is 1. The highest BCUT2D eigenvalue weighted by atomic mass is 35.5. The van der Waals surface area contributed by atoms with E-state index < -0.39 is 0 Å². The number of carbonyl (C=O) groups excluding carboxylic acids is 2. The van der Waals surface area contributed by atoms with Gasteiger partial charge in [-0.1, -0.05) is 29.8 Å². The van der Waals surface area contributed by atoms with E-state index in [1.54, 1.807) is 0 Å². The van der Waals surface area contributed by atoms with E-state index in [0.717, 1.165) is 18.4 Å². The molecule has 0 saturated heterocycles. The van der Waals surface area contributed by atoms with Crippen molar-refractivity contribution in [2.75, 3.05) is 12.4 Å². The summed E-state index contributed by atoms with van der Waals surface area (Å²) in [6.45, 7) is -0.192.